The third kappa shape index (κ3) is 3.08. The van der Waals surface area contributed by atoms with Gasteiger partial charge in [0.25, 0.3) is 0 Å². The number of anilines is 1. The summed E-state index contributed by atoms with van der Waals surface area (Å²) in [6, 6.07) is 7.46. The smallest absolute Gasteiger partial charge is 0.129 e. The van der Waals surface area contributed by atoms with Gasteiger partial charge in [0.15, 0.2) is 0 Å². The summed E-state index contributed by atoms with van der Waals surface area (Å²) in [4.78, 5) is 4.29. The number of aromatic nitrogens is 1. The van der Waals surface area contributed by atoms with Crippen LogP contribution in [-0.4, -0.2) is 10.1 Å². The van der Waals surface area contributed by atoms with E-state index in [1.54, 1.807) is 6.07 Å². The van der Waals surface area contributed by atoms with E-state index in [1.807, 2.05) is 25.1 Å². The van der Waals surface area contributed by atoms with E-state index in [2.05, 4.69) is 26.2 Å². The van der Waals surface area contributed by atoms with Gasteiger partial charge in [0.1, 0.15) is 22.7 Å². The Hall–Kier alpha value is -1.33. The lowest BCUT2D eigenvalue weighted by molar-refractivity contribution is 0.244. The average molecular weight is 297 g/mol. The van der Waals surface area contributed by atoms with Crippen molar-refractivity contribution in [3.05, 3.63) is 46.1 Å². The van der Waals surface area contributed by atoms with Gasteiger partial charge in [0.05, 0.1) is 17.9 Å². The quantitative estimate of drug-likeness (QED) is 0.852. The first-order chi connectivity index (χ1) is 8.19. The van der Waals surface area contributed by atoms with Crippen LogP contribution < -0.4 is 5.32 Å². The Bertz CT molecular complexity index is 511. The Labute approximate surface area is 108 Å². The summed E-state index contributed by atoms with van der Waals surface area (Å²) in [5, 5.41) is 12.1. The summed E-state index contributed by atoms with van der Waals surface area (Å²) in [5.74, 6) is 1.36. The van der Waals surface area contributed by atoms with E-state index in [0.29, 0.717) is 12.3 Å². The molecule has 0 bridgehead atoms. The van der Waals surface area contributed by atoms with E-state index in [4.69, 9.17) is 9.52 Å². The minimum absolute atomic E-state index is 0.0706. The molecule has 0 unspecified atom stereocenters. The normalized spacial score (nSPS) is 10.5. The van der Waals surface area contributed by atoms with Crippen LogP contribution in [0, 0.1) is 6.92 Å². The minimum Gasteiger partial charge on any atom is -0.462 e. The molecule has 0 aliphatic carbocycles. The number of rotatable bonds is 4. The first kappa shape index (κ1) is 12.1. The number of aliphatic hydroxyl groups excluding tert-OH is 1. The third-order valence-corrected chi connectivity index (χ3v) is 2.82. The zero-order valence-corrected chi connectivity index (χ0v) is 11.0. The lowest BCUT2D eigenvalue weighted by Gasteiger charge is -2.07. The van der Waals surface area contributed by atoms with Crippen LogP contribution in [0.25, 0.3) is 0 Å². The van der Waals surface area contributed by atoms with Gasteiger partial charge < -0.3 is 14.8 Å². The highest BCUT2D eigenvalue weighted by molar-refractivity contribution is 9.10. The standard InChI is InChI=1S/C12H13BrN2O2/c1-8-11(4-5-12(13)15-8)14-6-9-2-3-10(7-16)17-9/h2-5,14,16H,6-7H2,1H3. The van der Waals surface area contributed by atoms with Crippen LogP contribution in [0.1, 0.15) is 17.2 Å². The van der Waals surface area contributed by atoms with Crippen molar-refractivity contribution < 1.29 is 9.52 Å². The lowest BCUT2D eigenvalue weighted by atomic mass is 10.3. The van der Waals surface area contributed by atoms with Gasteiger partial charge in [-0.1, -0.05) is 0 Å². The molecule has 2 heterocycles. The van der Waals surface area contributed by atoms with E-state index in [1.165, 1.54) is 0 Å². The van der Waals surface area contributed by atoms with Crippen molar-refractivity contribution in [1.29, 1.82) is 0 Å². The third-order valence-electron chi connectivity index (χ3n) is 2.38. The minimum atomic E-state index is -0.0706. The predicted molar refractivity (Wildman–Crippen MR) is 68.6 cm³/mol. The summed E-state index contributed by atoms with van der Waals surface area (Å²) >= 11 is 3.32. The maximum absolute atomic E-state index is 8.88. The van der Waals surface area contributed by atoms with Crippen molar-refractivity contribution in [2.75, 3.05) is 5.32 Å². The molecule has 2 aromatic rings. The molecule has 0 spiro atoms. The van der Waals surface area contributed by atoms with Gasteiger partial charge in [-0.3, -0.25) is 0 Å². The second-order valence-electron chi connectivity index (χ2n) is 3.65. The molecule has 0 saturated carbocycles. The summed E-state index contributed by atoms with van der Waals surface area (Å²) in [5.41, 5.74) is 1.89. The van der Waals surface area contributed by atoms with Crippen LogP contribution in [0.4, 0.5) is 5.69 Å². The Balaban J connectivity index is 2.02. The van der Waals surface area contributed by atoms with E-state index < -0.39 is 0 Å². The molecule has 0 aliphatic heterocycles. The van der Waals surface area contributed by atoms with E-state index in [-0.39, 0.29) is 6.61 Å². The van der Waals surface area contributed by atoms with E-state index in [0.717, 1.165) is 21.7 Å². The first-order valence-electron chi connectivity index (χ1n) is 5.24. The molecule has 0 saturated heterocycles. The summed E-state index contributed by atoms with van der Waals surface area (Å²) in [6.45, 7) is 2.44. The Kier molecular flexibility index (Phi) is 3.81. The Morgan fingerprint density at radius 2 is 2.06 bits per heavy atom. The van der Waals surface area contributed by atoms with Crippen molar-refractivity contribution in [1.82, 2.24) is 4.98 Å². The number of aryl methyl sites for hydroxylation is 1. The summed E-state index contributed by atoms with van der Waals surface area (Å²) in [7, 11) is 0. The number of halogens is 1. The van der Waals surface area contributed by atoms with Gasteiger partial charge in [0.2, 0.25) is 0 Å². The molecule has 17 heavy (non-hydrogen) atoms. The molecule has 0 aliphatic rings. The van der Waals surface area contributed by atoms with Gasteiger partial charge in [-0.15, -0.1) is 0 Å². The maximum Gasteiger partial charge on any atom is 0.129 e. The molecular weight excluding hydrogens is 284 g/mol. The topological polar surface area (TPSA) is 58.3 Å². The van der Waals surface area contributed by atoms with Gasteiger partial charge in [-0.05, 0) is 47.1 Å². The fourth-order valence-electron chi connectivity index (χ4n) is 1.50. The fraction of sp³-hybridized carbons (Fsp3) is 0.250. The van der Waals surface area contributed by atoms with Crippen molar-refractivity contribution in [3.8, 4) is 0 Å². The molecule has 0 radical (unpaired) electrons. The number of aliphatic hydroxyl groups is 1. The number of pyridine rings is 1. The van der Waals surface area contributed by atoms with Crippen LogP contribution in [0.5, 0.6) is 0 Å². The molecule has 0 fully saturated rings. The molecule has 0 amide bonds. The van der Waals surface area contributed by atoms with Crippen molar-refractivity contribution >= 4 is 21.6 Å². The average Bonchev–Trinajstić information content (AvgIpc) is 2.76. The Morgan fingerprint density at radius 3 is 2.71 bits per heavy atom. The maximum atomic E-state index is 8.88. The zero-order chi connectivity index (χ0) is 12.3. The van der Waals surface area contributed by atoms with E-state index >= 15 is 0 Å². The first-order valence-corrected chi connectivity index (χ1v) is 6.04. The van der Waals surface area contributed by atoms with Crippen molar-refractivity contribution in [2.45, 2.75) is 20.1 Å². The second kappa shape index (κ2) is 5.33. The number of hydrogen-bond acceptors (Lipinski definition) is 4. The SMILES string of the molecule is Cc1nc(Br)ccc1NCc1ccc(CO)o1. The van der Waals surface area contributed by atoms with Gasteiger partial charge in [-0.2, -0.15) is 0 Å². The summed E-state index contributed by atoms with van der Waals surface area (Å²) in [6.07, 6.45) is 0. The molecule has 2 rings (SSSR count). The highest BCUT2D eigenvalue weighted by Crippen LogP contribution is 2.17. The van der Waals surface area contributed by atoms with Crippen molar-refractivity contribution in [2.24, 2.45) is 0 Å². The molecule has 5 heteroatoms. The second-order valence-corrected chi connectivity index (χ2v) is 4.46. The highest BCUT2D eigenvalue weighted by atomic mass is 79.9. The van der Waals surface area contributed by atoms with E-state index in [9.17, 15) is 0 Å². The molecule has 90 valence electrons. The summed E-state index contributed by atoms with van der Waals surface area (Å²) < 4.78 is 6.20. The van der Waals surface area contributed by atoms with Crippen LogP contribution in [0.15, 0.2) is 33.3 Å². The molecule has 4 nitrogen and oxygen atoms in total. The largest absolute Gasteiger partial charge is 0.462 e. The lowest BCUT2D eigenvalue weighted by Crippen LogP contribution is -2.01. The number of furan rings is 1. The highest BCUT2D eigenvalue weighted by Gasteiger charge is 2.03. The molecular formula is C12H13BrN2O2. The molecule has 0 atom stereocenters. The molecule has 2 N–H and O–H groups in total. The van der Waals surface area contributed by atoms with Gasteiger partial charge in [-0.25, -0.2) is 4.98 Å². The predicted octanol–water partition coefficient (Wildman–Crippen LogP) is 2.85. The molecule has 0 aromatic carbocycles. The van der Waals surface area contributed by atoms with Crippen LogP contribution >= 0.6 is 15.9 Å². The van der Waals surface area contributed by atoms with Gasteiger partial charge >= 0.3 is 0 Å². The number of hydrogen-bond donors (Lipinski definition) is 2. The monoisotopic (exact) mass is 296 g/mol. The van der Waals surface area contributed by atoms with Crippen molar-refractivity contribution in [3.63, 3.8) is 0 Å². The van der Waals surface area contributed by atoms with Crippen LogP contribution in [0.2, 0.25) is 0 Å². The Morgan fingerprint density at radius 1 is 1.29 bits per heavy atom. The molecule has 2 aromatic heterocycles. The number of nitrogens with one attached hydrogen (secondary N) is 1. The fourth-order valence-corrected chi connectivity index (χ4v) is 1.90. The van der Waals surface area contributed by atoms with Crippen LogP contribution in [-0.2, 0) is 13.2 Å². The number of nitrogens with zero attached hydrogens (tertiary/aromatic N) is 1. The van der Waals surface area contributed by atoms with Crippen LogP contribution in [0.3, 0.4) is 0 Å². The zero-order valence-electron chi connectivity index (χ0n) is 9.40. The van der Waals surface area contributed by atoms with Gasteiger partial charge in [0, 0.05) is 0 Å².